The molecule has 1 amide bonds. The lowest BCUT2D eigenvalue weighted by atomic mass is 10.0. The summed E-state index contributed by atoms with van der Waals surface area (Å²) in [6, 6.07) is 6.26. The quantitative estimate of drug-likeness (QED) is 0.820. The number of hydrogen-bond acceptors (Lipinski definition) is 2. The van der Waals surface area contributed by atoms with Crippen molar-refractivity contribution in [3.05, 3.63) is 29.3 Å². The van der Waals surface area contributed by atoms with Gasteiger partial charge >= 0.3 is 0 Å². The van der Waals surface area contributed by atoms with Crippen LogP contribution in [0.3, 0.4) is 0 Å². The van der Waals surface area contributed by atoms with Gasteiger partial charge in [-0.3, -0.25) is 4.79 Å². The monoisotopic (exact) mass is 232 g/mol. The van der Waals surface area contributed by atoms with Crippen molar-refractivity contribution in [2.45, 2.75) is 39.2 Å². The van der Waals surface area contributed by atoms with E-state index in [1.165, 1.54) is 11.3 Å². The molecule has 92 valence electrons. The maximum atomic E-state index is 11.8. The normalized spacial score (nSPS) is 14.1. The minimum Gasteiger partial charge on any atom is -0.384 e. The first kappa shape index (κ1) is 12.0. The molecule has 2 rings (SSSR count). The Morgan fingerprint density at radius 1 is 1.41 bits per heavy atom. The Kier molecular flexibility index (Phi) is 3.09. The highest BCUT2D eigenvalue weighted by Crippen LogP contribution is 2.23. The van der Waals surface area contributed by atoms with Crippen molar-refractivity contribution in [1.82, 2.24) is 5.32 Å². The van der Waals surface area contributed by atoms with Gasteiger partial charge in [-0.2, -0.15) is 0 Å². The maximum Gasteiger partial charge on any atom is 0.224 e. The van der Waals surface area contributed by atoms with Gasteiger partial charge in [0.05, 0.1) is 6.42 Å². The fourth-order valence-corrected chi connectivity index (χ4v) is 2.10. The highest BCUT2D eigenvalue weighted by molar-refractivity contribution is 5.79. The van der Waals surface area contributed by atoms with Crippen molar-refractivity contribution in [2.75, 3.05) is 11.9 Å². The molecule has 0 bridgehead atoms. The van der Waals surface area contributed by atoms with Crippen LogP contribution in [0.2, 0.25) is 0 Å². The molecule has 0 unspecified atom stereocenters. The summed E-state index contributed by atoms with van der Waals surface area (Å²) in [6.45, 7) is 6.99. The van der Waals surface area contributed by atoms with Gasteiger partial charge in [-0.25, -0.2) is 0 Å². The van der Waals surface area contributed by atoms with Crippen LogP contribution in [0.5, 0.6) is 0 Å². The summed E-state index contributed by atoms with van der Waals surface area (Å²) in [6.07, 6.45) is 1.54. The predicted octanol–water partition coefficient (Wildman–Crippen LogP) is 2.11. The van der Waals surface area contributed by atoms with Gasteiger partial charge in [-0.1, -0.05) is 12.1 Å². The highest BCUT2D eigenvalue weighted by atomic mass is 16.1. The second-order valence-electron chi connectivity index (χ2n) is 5.64. The first-order chi connectivity index (χ1) is 7.94. The molecule has 0 saturated carbocycles. The van der Waals surface area contributed by atoms with E-state index in [-0.39, 0.29) is 11.4 Å². The number of rotatable bonds is 2. The first-order valence-electron chi connectivity index (χ1n) is 6.11. The van der Waals surface area contributed by atoms with E-state index in [9.17, 15) is 4.79 Å². The van der Waals surface area contributed by atoms with Gasteiger partial charge in [-0.15, -0.1) is 0 Å². The van der Waals surface area contributed by atoms with Crippen LogP contribution in [0.1, 0.15) is 31.9 Å². The number of anilines is 1. The third-order valence-corrected chi connectivity index (χ3v) is 2.76. The number of carbonyl (C=O) groups excluding carboxylic acids is 1. The topological polar surface area (TPSA) is 41.1 Å². The number of hydrogen-bond donors (Lipinski definition) is 2. The summed E-state index contributed by atoms with van der Waals surface area (Å²) in [5.41, 5.74) is 3.45. The largest absolute Gasteiger partial charge is 0.384 e. The van der Waals surface area contributed by atoms with Crippen LogP contribution in [0.4, 0.5) is 5.69 Å². The maximum absolute atomic E-state index is 11.8. The molecule has 3 heteroatoms. The van der Waals surface area contributed by atoms with E-state index in [4.69, 9.17) is 0 Å². The molecule has 2 N–H and O–H groups in total. The average Bonchev–Trinajstić information content (AvgIpc) is 2.61. The van der Waals surface area contributed by atoms with Crippen LogP contribution in [0.15, 0.2) is 18.2 Å². The predicted molar refractivity (Wildman–Crippen MR) is 70.2 cm³/mol. The Hall–Kier alpha value is -1.51. The van der Waals surface area contributed by atoms with E-state index < -0.39 is 0 Å². The third-order valence-electron chi connectivity index (χ3n) is 2.76. The lowest BCUT2D eigenvalue weighted by Gasteiger charge is -2.20. The Labute approximate surface area is 103 Å². The molecule has 0 atom stereocenters. The van der Waals surface area contributed by atoms with Crippen LogP contribution < -0.4 is 10.6 Å². The minimum absolute atomic E-state index is 0.0791. The smallest absolute Gasteiger partial charge is 0.224 e. The average molecular weight is 232 g/mol. The van der Waals surface area contributed by atoms with Crippen LogP contribution in [-0.2, 0) is 17.6 Å². The molecule has 1 aliphatic rings. The second-order valence-corrected chi connectivity index (χ2v) is 5.64. The van der Waals surface area contributed by atoms with Crippen molar-refractivity contribution in [2.24, 2.45) is 0 Å². The van der Waals surface area contributed by atoms with E-state index in [2.05, 4.69) is 22.8 Å². The van der Waals surface area contributed by atoms with Crippen LogP contribution in [0.25, 0.3) is 0 Å². The molecule has 1 heterocycles. The highest BCUT2D eigenvalue weighted by Gasteiger charge is 2.15. The number of fused-ring (bicyclic) bond motifs is 1. The summed E-state index contributed by atoms with van der Waals surface area (Å²) >= 11 is 0. The Morgan fingerprint density at radius 3 is 2.88 bits per heavy atom. The zero-order valence-corrected chi connectivity index (χ0v) is 10.8. The molecule has 0 fully saturated rings. The fourth-order valence-electron chi connectivity index (χ4n) is 2.10. The molecule has 1 aromatic rings. The third kappa shape index (κ3) is 3.22. The molecule has 0 aliphatic carbocycles. The van der Waals surface area contributed by atoms with Crippen LogP contribution >= 0.6 is 0 Å². The summed E-state index contributed by atoms with van der Waals surface area (Å²) in [4.78, 5) is 11.8. The van der Waals surface area contributed by atoms with E-state index in [0.717, 1.165) is 18.5 Å². The lowest BCUT2D eigenvalue weighted by Crippen LogP contribution is -2.41. The number of carbonyl (C=O) groups is 1. The zero-order valence-electron chi connectivity index (χ0n) is 10.8. The molecular formula is C14H20N2O. The minimum atomic E-state index is -0.161. The van der Waals surface area contributed by atoms with Crippen molar-refractivity contribution in [3.63, 3.8) is 0 Å². The number of nitrogens with one attached hydrogen (secondary N) is 2. The molecule has 0 aromatic heterocycles. The Balaban J connectivity index is 2.02. The molecular weight excluding hydrogens is 212 g/mol. The zero-order chi connectivity index (χ0) is 12.5. The second kappa shape index (κ2) is 4.40. The van der Waals surface area contributed by atoms with Gasteiger partial charge in [-0.05, 0) is 44.4 Å². The Morgan fingerprint density at radius 2 is 2.18 bits per heavy atom. The number of benzene rings is 1. The van der Waals surface area contributed by atoms with Crippen LogP contribution in [0, 0.1) is 0 Å². The van der Waals surface area contributed by atoms with Gasteiger partial charge in [0.15, 0.2) is 0 Å². The molecule has 1 aliphatic heterocycles. The van der Waals surface area contributed by atoms with E-state index in [0.29, 0.717) is 6.42 Å². The van der Waals surface area contributed by atoms with E-state index in [1.807, 2.05) is 26.8 Å². The summed E-state index contributed by atoms with van der Waals surface area (Å²) in [5.74, 6) is 0.0791. The van der Waals surface area contributed by atoms with Crippen molar-refractivity contribution in [3.8, 4) is 0 Å². The van der Waals surface area contributed by atoms with Gasteiger partial charge in [0.2, 0.25) is 5.91 Å². The number of amides is 1. The van der Waals surface area contributed by atoms with Crippen LogP contribution in [-0.4, -0.2) is 18.0 Å². The lowest BCUT2D eigenvalue weighted by molar-refractivity contribution is -0.121. The van der Waals surface area contributed by atoms with Gasteiger partial charge in [0.1, 0.15) is 0 Å². The van der Waals surface area contributed by atoms with Gasteiger partial charge < -0.3 is 10.6 Å². The summed E-state index contributed by atoms with van der Waals surface area (Å²) in [5, 5.41) is 6.31. The summed E-state index contributed by atoms with van der Waals surface area (Å²) < 4.78 is 0. The Bertz CT molecular complexity index is 432. The van der Waals surface area contributed by atoms with Gasteiger partial charge in [0.25, 0.3) is 0 Å². The fraction of sp³-hybridized carbons (Fsp3) is 0.500. The molecule has 0 saturated heterocycles. The van der Waals surface area contributed by atoms with E-state index in [1.54, 1.807) is 0 Å². The standard InChI is InChI=1S/C14H20N2O/c1-14(2,3)16-13(17)9-10-4-5-11-6-7-15-12(11)8-10/h4-5,8,15H,6-7,9H2,1-3H3,(H,16,17). The van der Waals surface area contributed by atoms with Gasteiger partial charge in [0, 0.05) is 17.8 Å². The van der Waals surface area contributed by atoms with Crippen molar-refractivity contribution < 1.29 is 4.79 Å². The van der Waals surface area contributed by atoms with Crippen molar-refractivity contribution >= 4 is 11.6 Å². The SMILES string of the molecule is CC(C)(C)NC(=O)Cc1ccc2c(c1)NCC2. The summed E-state index contributed by atoms with van der Waals surface area (Å²) in [7, 11) is 0. The first-order valence-corrected chi connectivity index (χ1v) is 6.11. The molecule has 0 radical (unpaired) electrons. The molecule has 0 spiro atoms. The molecule has 1 aromatic carbocycles. The molecule has 3 nitrogen and oxygen atoms in total. The van der Waals surface area contributed by atoms with E-state index >= 15 is 0 Å². The van der Waals surface area contributed by atoms with Crippen molar-refractivity contribution in [1.29, 1.82) is 0 Å². The molecule has 17 heavy (non-hydrogen) atoms.